The van der Waals surface area contributed by atoms with E-state index in [1.807, 2.05) is 0 Å². The van der Waals surface area contributed by atoms with Crippen LogP contribution in [0.3, 0.4) is 0 Å². The highest BCUT2D eigenvalue weighted by Gasteiger charge is 2.27. The Hall–Kier alpha value is -1.41. The summed E-state index contributed by atoms with van der Waals surface area (Å²) in [6.45, 7) is 9.15. The fourth-order valence-electron chi connectivity index (χ4n) is 4.40. The number of anilines is 2. The minimum Gasteiger partial charge on any atom is -0.356 e. The largest absolute Gasteiger partial charge is 0.356 e. The van der Waals surface area contributed by atoms with E-state index in [0.29, 0.717) is 17.4 Å². The highest BCUT2D eigenvalue weighted by molar-refractivity contribution is 7.91. The fourth-order valence-corrected chi connectivity index (χ4v) is 5.99. The van der Waals surface area contributed by atoms with Crippen LogP contribution in [0.15, 0.2) is 6.07 Å². The molecule has 3 saturated heterocycles. The van der Waals surface area contributed by atoms with Gasteiger partial charge in [-0.1, -0.05) is 0 Å². The van der Waals surface area contributed by atoms with Gasteiger partial charge in [0.25, 0.3) is 0 Å². The molecule has 0 spiro atoms. The zero-order valence-electron chi connectivity index (χ0n) is 16.3. The molecule has 0 aliphatic carbocycles. The third-order valence-corrected chi connectivity index (χ3v) is 7.82. The highest BCUT2D eigenvalue weighted by Crippen LogP contribution is 2.23. The van der Waals surface area contributed by atoms with Crippen molar-refractivity contribution >= 4 is 21.6 Å². The van der Waals surface area contributed by atoms with Crippen LogP contribution in [0.1, 0.15) is 31.4 Å². The van der Waals surface area contributed by atoms with E-state index in [0.717, 1.165) is 76.1 Å². The topological polar surface area (TPSA) is 69.6 Å². The lowest BCUT2D eigenvalue weighted by molar-refractivity contribution is 0.210. The molecule has 150 valence electrons. The maximum absolute atomic E-state index is 11.6. The van der Waals surface area contributed by atoms with Gasteiger partial charge in [-0.05, 0) is 38.5 Å². The molecule has 8 heteroatoms. The number of hydrogen-bond acceptors (Lipinski definition) is 7. The lowest BCUT2D eigenvalue weighted by Crippen LogP contribution is -2.49. The van der Waals surface area contributed by atoms with E-state index < -0.39 is 9.84 Å². The average molecular weight is 394 g/mol. The van der Waals surface area contributed by atoms with E-state index >= 15 is 0 Å². The number of sulfone groups is 1. The van der Waals surface area contributed by atoms with Crippen LogP contribution in [0, 0.1) is 12.8 Å². The summed E-state index contributed by atoms with van der Waals surface area (Å²) in [6, 6.07) is 2.10. The van der Waals surface area contributed by atoms with Crippen molar-refractivity contribution in [2.24, 2.45) is 5.92 Å². The Morgan fingerprint density at radius 1 is 0.963 bits per heavy atom. The first-order valence-electron chi connectivity index (χ1n) is 10.3. The molecule has 0 radical (unpaired) electrons. The van der Waals surface area contributed by atoms with Crippen LogP contribution in [0.5, 0.6) is 0 Å². The summed E-state index contributed by atoms with van der Waals surface area (Å²) in [7, 11) is -2.76. The maximum Gasteiger partial charge on any atom is 0.227 e. The number of hydrogen-bond donors (Lipinski definition) is 0. The average Bonchev–Trinajstić information content (AvgIpc) is 3.18. The van der Waals surface area contributed by atoms with Crippen molar-refractivity contribution in [3.8, 4) is 0 Å². The fraction of sp³-hybridized carbons (Fsp3) is 0.789. The van der Waals surface area contributed by atoms with E-state index in [-0.39, 0.29) is 0 Å². The molecule has 3 aliphatic rings. The summed E-state index contributed by atoms with van der Waals surface area (Å²) in [5.41, 5.74) is 1.03. The molecule has 7 nitrogen and oxygen atoms in total. The summed E-state index contributed by atoms with van der Waals surface area (Å²) in [5, 5.41) is 0. The summed E-state index contributed by atoms with van der Waals surface area (Å²) in [4.78, 5) is 16.7. The standard InChI is InChI=1S/C19H31N5O2S/c1-16-14-18(23-6-2-3-7-23)21-19(20-16)24-10-8-22(9-11-24)15-17-4-12-27(25,26)13-5-17/h14,17H,2-13,15H2,1H3. The molecule has 0 aromatic carbocycles. The van der Waals surface area contributed by atoms with Crippen molar-refractivity contribution in [3.05, 3.63) is 11.8 Å². The summed E-state index contributed by atoms with van der Waals surface area (Å²) in [6.07, 6.45) is 4.14. The predicted octanol–water partition coefficient (Wildman–Crippen LogP) is 1.33. The third kappa shape index (κ3) is 4.71. The molecule has 0 atom stereocenters. The van der Waals surface area contributed by atoms with Gasteiger partial charge in [-0.25, -0.2) is 13.4 Å². The smallest absolute Gasteiger partial charge is 0.227 e. The number of aryl methyl sites for hydroxylation is 1. The third-order valence-electron chi connectivity index (χ3n) is 6.10. The zero-order valence-corrected chi connectivity index (χ0v) is 17.1. The highest BCUT2D eigenvalue weighted by atomic mass is 32.2. The van der Waals surface area contributed by atoms with Gasteiger partial charge >= 0.3 is 0 Å². The minimum absolute atomic E-state index is 0.369. The van der Waals surface area contributed by atoms with Crippen molar-refractivity contribution in [1.82, 2.24) is 14.9 Å². The van der Waals surface area contributed by atoms with Gasteiger partial charge < -0.3 is 9.80 Å². The Bertz CT molecular complexity index is 741. The summed E-state index contributed by atoms with van der Waals surface area (Å²) >= 11 is 0. The number of nitrogens with zero attached hydrogens (tertiary/aromatic N) is 5. The SMILES string of the molecule is Cc1cc(N2CCCC2)nc(N2CCN(CC3CCS(=O)(=O)CC3)CC2)n1. The van der Waals surface area contributed by atoms with E-state index in [1.54, 1.807) is 0 Å². The predicted molar refractivity (Wildman–Crippen MR) is 108 cm³/mol. The van der Waals surface area contributed by atoms with Crippen LogP contribution in [-0.2, 0) is 9.84 Å². The zero-order chi connectivity index (χ0) is 18.9. The molecule has 0 bridgehead atoms. The van der Waals surface area contributed by atoms with Crippen LogP contribution in [0.4, 0.5) is 11.8 Å². The molecule has 0 saturated carbocycles. The van der Waals surface area contributed by atoms with E-state index in [2.05, 4.69) is 32.7 Å². The Balaban J connectivity index is 1.32. The van der Waals surface area contributed by atoms with Gasteiger partial charge in [0.1, 0.15) is 15.7 Å². The molecule has 4 rings (SSSR count). The Morgan fingerprint density at radius 3 is 2.30 bits per heavy atom. The van der Waals surface area contributed by atoms with E-state index in [1.165, 1.54) is 12.8 Å². The lowest BCUT2D eigenvalue weighted by atomic mass is 10.0. The summed E-state index contributed by atoms with van der Waals surface area (Å²) in [5.74, 6) is 3.19. The maximum atomic E-state index is 11.6. The summed E-state index contributed by atoms with van der Waals surface area (Å²) < 4.78 is 23.2. The van der Waals surface area contributed by atoms with E-state index in [9.17, 15) is 8.42 Å². The van der Waals surface area contributed by atoms with Crippen molar-refractivity contribution in [3.63, 3.8) is 0 Å². The molecule has 3 fully saturated rings. The van der Waals surface area contributed by atoms with Gasteiger partial charge in [0.05, 0.1) is 11.5 Å². The normalized spacial score (nSPS) is 24.5. The molecule has 0 N–H and O–H groups in total. The van der Waals surface area contributed by atoms with Gasteiger partial charge in [0.2, 0.25) is 5.95 Å². The Kier molecular flexibility index (Phi) is 5.55. The molecule has 3 aliphatic heterocycles. The van der Waals surface area contributed by atoms with Crippen molar-refractivity contribution in [1.29, 1.82) is 0 Å². The molecule has 0 unspecified atom stereocenters. The van der Waals surface area contributed by atoms with Crippen molar-refractivity contribution in [2.75, 3.05) is 67.1 Å². The quantitative estimate of drug-likeness (QED) is 0.764. The minimum atomic E-state index is -2.76. The second kappa shape index (κ2) is 7.91. The van der Waals surface area contributed by atoms with Gasteiger partial charge in [-0.2, -0.15) is 4.98 Å². The lowest BCUT2D eigenvalue weighted by Gasteiger charge is -2.37. The van der Waals surface area contributed by atoms with Crippen molar-refractivity contribution < 1.29 is 8.42 Å². The second-order valence-electron chi connectivity index (χ2n) is 8.24. The van der Waals surface area contributed by atoms with Crippen LogP contribution in [-0.4, -0.2) is 80.6 Å². The Morgan fingerprint density at radius 2 is 1.63 bits per heavy atom. The van der Waals surface area contributed by atoms with E-state index in [4.69, 9.17) is 4.98 Å². The molecule has 0 amide bonds. The second-order valence-corrected chi connectivity index (χ2v) is 10.5. The van der Waals surface area contributed by atoms with Gasteiger partial charge in [-0.3, -0.25) is 4.90 Å². The molecule has 1 aromatic heterocycles. The van der Waals surface area contributed by atoms with Crippen LogP contribution in [0.25, 0.3) is 0 Å². The number of aromatic nitrogens is 2. The van der Waals surface area contributed by atoms with Gasteiger partial charge in [0.15, 0.2) is 0 Å². The first-order valence-corrected chi connectivity index (χ1v) is 12.1. The van der Waals surface area contributed by atoms with Crippen molar-refractivity contribution in [2.45, 2.75) is 32.6 Å². The molecule has 4 heterocycles. The number of piperazine rings is 1. The molecule has 1 aromatic rings. The molecular weight excluding hydrogens is 362 g/mol. The molecular formula is C19H31N5O2S. The molecule has 27 heavy (non-hydrogen) atoms. The monoisotopic (exact) mass is 393 g/mol. The van der Waals surface area contributed by atoms with Crippen LogP contribution >= 0.6 is 0 Å². The number of rotatable bonds is 4. The first-order chi connectivity index (χ1) is 13.0. The van der Waals surface area contributed by atoms with Crippen LogP contribution < -0.4 is 9.80 Å². The van der Waals surface area contributed by atoms with Gasteiger partial charge in [-0.15, -0.1) is 0 Å². The van der Waals surface area contributed by atoms with Gasteiger partial charge in [0, 0.05) is 57.6 Å². The first kappa shape index (κ1) is 18.9. The van der Waals surface area contributed by atoms with Crippen LogP contribution in [0.2, 0.25) is 0 Å². The Labute approximate surface area is 162 Å².